The van der Waals surface area contributed by atoms with Crippen LogP contribution in [0.3, 0.4) is 0 Å². The zero-order valence-electron chi connectivity index (χ0n) is 15.0. The van der Waals surface area contributed by atoms with Crippen molar-refractivity contribution in [2.75, 3.05) is 14.2 Å². The lowest BCUT2D eigenvalue weighted by Crippen LogP contribution is -2.00. The first-order valence-corrected chi connectivity index (χ1v) is 8.24. The van der Waals surface area contributed by atoms with Crippen molar-refractivity contribution in [3.8, 4) is 22.8 Å². The minimum atomic E-state index is -0.127. The van der Waals surface area contributed by atoms with E-state index >= 15 is 0 Å². The summed E-state index contributed by atoms with van der Waals surface area (Å²) in [6, 6.07) is 7.89. The minimum absolute atomic E-state index is 0.127. The van der Waals surface area contributed by atoms with Crippen molar-refractivity contribution in [1.82, 2.24) is 9.97 Å². The molecule has 0 saturated carbocycles. The Hall–Kier alpha value is -2.66. The zero-order valence-corrected chi connectivity index (χ0v) is 15.0. The van der Waals surface area contributed by atoms with Crippen LogP contribution in [0.15, 0.2) is 30.5 Å². The van der Waals surface area contributed by atoms with Gasteiger partial charge in [0.25, 0.3) is 0 Å². The number of benzene rings is 1. The summed E-state index contributed by atoms with van der Waals surface area (Å²) in [5, 5.41) is 10.3. The largest absolute Gasteiger partial charge is 0.496 e. The van der Waals surface area contributed by atoms with Gasteiger partial charge in [-0.15, -0.1) is 0 Å². The van der Waals surface area contributed by atoms with E-state index in [-0.39, 0.29) is 6.61 Å². The van der Waals surface area contributed by atoms with Gasteiger partial charge in [0.1, 0.15) is 5.75 Å². The number of ether oxygens (including phenoxy) is 2. The summed E-state index contributed by atoms with van der Waals surface area (Å²) in [6.07, 6.45) is 2.68. The van der Waals surface area contributed by atoms with E-state index in [2.05, 4.69) is 29.0 Å². The Labute approximate surface area is 147 Å². The second-order valence-corrected chi connectivity index (χ2v) is 5.90. The van der Waals surface area contributed by atoms with Crippen LogP contribution >= 0.6 is 0 Å². The molecular weight excluding hydrogens is 316 g/mol. The normalized spacial score (nSPS) is 10.9. The molecular formula is C20H22N2O3. The minimum Gasteiger partial charge on any atom is -0.496 e. The van der Waals surface area contributed by atoms with Crippen LogP contribution in [-0.4, -0.2) is 29.3 Å². The van der Waals surface area contributed by atoms with E-state index in [1.807, 2.05) is 19.2 Å². The maximum Gasteiger partial charge on any atom is 0.221 e. The number of nitrogens with zero attached hydrogens (tertiary/aromatic N) is 2. The highest BCUT2D eigenvalue weighted by atomic mass is 16.5. The van der Waals surface area contributed by atoms with Crippen molar-refractivity contribution in [1.29, 1.82) is 0 Å². The predicted octanol–water partition coefficient (Wildman–Crippen LogP) is 3.68. The van der Waals surface area contributed by atoms with Gasteiger partial charge in [0, 0.05) is 22.7 Å². The highest BCUT2D eigenvalue weighted by molar-refractivity contribution is 5.99. The van der Waals surface area contributed by atoms with E-state index in [9.17, 15) is 5.11 Å². The van der Waals surface area contributed by atoms with E-state index in [0.717, 1.165) is 45.3 Å². The molecule has 5 nitrogen and oxygen atoms in total. The van der Waals surface area contributed by atoms with Crippen molar-refractivity contribution in [3.63, 3.8) is 0 Å². The average molecular weight is 338 g/mol. The molecule has 0 saturated heterocycles. The first-order chi connectivity index (χ1) is 12.1. The van der Waals surface area contributed by atoms with Gasteiger partial charge in [-0.1, -0.05) is 6.92 Å². The molecule has 0 fully saturated rings. The third kappa shape index (κ3) is 3.03. The first-order valence-electron chi connectivity index (χ1n) is 8.24. The Morgan fingerprint density at radius 3 is 2.52 bits per heavy atom. The number of aryl methyl sites for hydroxylation is 2. The van der Waals surface area contributed by atoms with E-state index in [1.54, 1.807) is 20.3 Å². The molecule has 2 heterocycles. The Morgan fingerprint density at radius 2 is 1.88 bits per heavy atom. The topological polar surface area (TPSA) is 64.5 Å². The Kier molecular flexibility index (Phi) is 4.86. The van der Waals surface area contributed by atoms with Crippen molar-refractivity contribution in [2.24, 2.45) is 0 Å². The number of hydrogen-bond donors (Lipinski definition) is 1. The molecule has 0 aliphatic heterocycles. The van der Waals surface area contributed by atoms with Crippen LogP contribution in [0.4, 0.5) is 0 Å². The summed E-state index contributed by atoms with van der Waals surface area (Å²) in [5.41, 5.74) is 5.38. The number of hydrogen-bond acceptors (Lipinski definition) is 5. The predicted molar refractivity (Wildman–Crippen MR) is 98.1 cm³/mol. The van der Waals surface area contributed by atoms with Gasteiger partial charge < -0.3 is 14.6 Å². The standard InChI is InChI=1S/C20H22N2O3/c1-5-13-9-16(15-7-6-14(11-23)22-20(15)25-4)18-17(19(13)24-3)8-12(2)10-21-18/h6-10,23H,5,11H2,1-4H3. The molecule has 0 radical (unpaired) electrons. The molecule has 25 heavy (non-hydrogen) atoms. The maximum absolute atomic E-state index is 9.32. The molecule has 0 unspecified atom stereocenters. The maximum atomic E-state index is 9.32. The zero-order chi connectivity index (χ0) is 18.0. The van der Waals surface area contributed by atoms with Crippen molar-refractivity contribution in [2.45, 2.75) is 26.9 Å². The number of aliphatic hydroxyl groups excluding tert-OH is 1. The fraction of sp³-hybridized carbons (Fsp3) is 0.300. The molecule has 5 heteroatoms. The molecule has 0 aliphatic carbocycles. The third-order valence-corrected chi connectivity index (χ3v) is 4.28. The smallest absolute Gasteiger partial charge is 0.221 e. The fourth-order valence-electron chi connectivity index (χ4n) is 3.07. The van der Waals surface area contributed by atoms with Gasteiger partial charge in [0.05, 0.1) is 32.0 Å². The number of methoxy groups -OCH3 is 2. The van der Waals surface area contributed by atoms with Crippen LogP contribution in [-0.2, 0) is 13.0 Å². The van der Waals surface area contributed by atoms with Crippen LogP contribution < -0.4 is 9.47 Å². The van der Waals surface area contributed by atoms with E-state index in [4.69, 9.17) is 9.47 Å². The van der Waals surface area contributed by atoms with Gasteiger partial charge in [-0.25, -0.2) is 4.98 Å². The quantitative estimate of drug-likeness (QED) is 0.769. The van der Waals surface area contributed by atoms with Gasteiger partial charge in [-0.2, -0.15) is 0 Å². The van der Waals surface area contributed by atoms with Gasteiger partial charge in [0.2, 0.25) is 5.88 Å². The number of aromatic nitrogens is 2. The number of aliphatic hydroxyl groups is 1. The molecule has 0 atom stereocenters. The second kappa shape index (κ2) is 7.07. The molecule has 0 spiro atoms. The summed E-state index contributed by atoms with van der Waals surface area (Å²) in [5.74, 6) is 1.33. The summed E-state index contributed by atoms with van der Waals surface area (Å²) in [6.45, 7) is 3.99. The highest BCUT2D eigenvalue weighted by Gasteiger charge is 2.18. The third-order valence-electron chi connectivity index (χ3n) is 4.28. The van der Waals surface area contributed by atoms with Crippen LogP contribution in [0, 0.1) is 6.92 Å². The monoisotopic (exact) mass is 338 g/mol. The van der Waals surface area contributed by atoms with E-state index < -0.39 is 0 Å². The summed E-state index contributed by atoms with van der Waals surface area (Å²) < 4.78 is 11.1. The lowest BCUT2D eigenvalue weighted by atomic mass is 9.96. The molecule has 1 N–H and O–H groups in total. The van der Waals surface area contributed by atoms with Crippen molar-refractivity contribution in [3.05, 3.63) is 47.3 Å². The van der Waals surface area contributed by atoms with Gasteiger partial charge in [-0.3, -0.25) is 4.98 Å². The van der Waals surface area contributed by atoms with Crippen LogP contribution in [0.2, 0.25) is 0 Å². The van der Waals surface area contributed by atoms with Gasteiger partial charge >= 0.3 is 0 Å². The SMILES string of the molecule is CCc1cc(-c2ccc(CO)nc2OC)c2ncc(C)cc2c1OC. The molecule has 3 rings (SSSR count). The number of rotatable bonds is 5. The molecule has 2 aromatic heterocycles. The number of fused-ring (bicyclic) bond motifs is 1. The van der Waals surface area contributed by atoms with E-state index in [1.165, 1.54) is 0 Å². The van der Waals surface area contributed by atoms with Crippen molar-refractivity contribution >= 4 is 10.9 Å². The first kappa shape index (κ1) is 17.2. The van der Waals surface area contributed by atoms with Gasteiger partial charge in [-0.05, 0) is 48.7 Å². The number of pyridine rings is 2. The molecule has 0 bridgehead atoms. The van der Waals surface area contributed by atoms with Crippen LogP contribution in [0.25, 0.3) is 22.0 Å². The summed E-state index contributed by atoms with van der Waals surface area (Å²) in [7, 11) is 3.27. The van der Waals surface area contributed by atoms with Crippen LogP contribution in [0.1, 0.15) is 23.7 Å². The van der Waals surface area contributed by atoms with Crippen molar-refractivity contribution < 1.29 is 14.6 Å². The van der Waals surface area contributed by atoms with E-state index in [0.29, 0.717) is 11.6 Å². The molecule has 130 valence electrons. The molecule has 0 amide bonds. The fourth-order valence-corrected chi connectivity index (χ4v) is 3.07. The molecule has 3 aromatic rings. The summed E-state index contributed by atoms with van der Waals surface area (Å²) >= 11 is 0. The average Bonchev–Trinajstić information content (AvgIpc) is 2.65. The Balaban J connectivity index is 2.37. The second-order valence-electron chi connectivity index (χ2n) is 5.90. The van der Waals surface area contributed by atoms with Gasteiger partial charge in [0.15, 0.2) is 0 Å². The highest BCUT2D eigenvalue weighted by Crippen LogP contribution is 2.39. The molecule has 1 aromatic carbocycles. The Morgan fingerprint density at radius 1 is 1.08 bits per heavy atom. The molecule has 0 aliphatic rings. The lowest BCUT2D eigenvalue weighted by Gasteiger charge is -2.16. The van der Waals surface area contributed by atoms with Crippen LogP contribution in [0.5, 0.6) is 11.6 Å². The lowest BCUT2D eigenvalue weighted by molar-refractivity contribution is 0.274. The Bertz CT molecular complexity index is 922. The summed E-state index contributed by atoms with van der Waals surface area (Å²) in [4.78, 5) is 9.02.